The molecule has 0 unspecified atom stereocenters. The molecule has 2 rings (SSSR count). The number of hydrogen-bond donors (Lipinski definition) is 1. The number of hydrogen-bond acceptors (Lipinski definition) is 2. The number of unbranched alkanes of at least 4 members (excludes halogenated alkanes) is 2. The maximum absolute atomic E-state index is 10.5. The van der Waals surface area contributed by atoms with Gasteiger partial charge in [-0.3, -0.25) is 4.79 Å². The highest BCUT2D eigenvalue weighted by molar-refractivity contribution is 5.66. The van der Waals surface area contributed by atoms with Gasteiger partial charge < -0.3 is 9.84 Å². The minimum absolute atomic E-state index is 0.215. The Kier molecular flexibility index (Phi) is 8.03. The summed E-state index contributed by atoms with van der Waals surface area (Å²) in [6.07, 6.45) is 6.61. The van der Waals surface area contributed by atoms with Crippen molar-refractivity contribution < 1.29 is 14.6 Å². The first-order valence-electron chi connectivity index (χ1n) is 9.18. The SMILES string of the molecule is CCCCCc1ccc(COc2ccc(CCCC(=O)O)cc2)cc1. The third-order valence-corrected chi connectivity index (χ3v) is 4.28. The number of aliphatic carboxylic acids is 1. The Hall–Kier alpha value is -2.29. The van der Waals surface area contributed by atoms with Gasteiger partial charge in [0.1, 0.15) is 12.4 Å². The van der Waals surface area contributed by atoms with Gasteiger partial charge in [0.05, 0.1) is 0 Å². The Morgan fingerprint density at radius 1 is 0.840 bits per heavy atom. The first-order chi connectivity index (χ1) is 12.2. The standard InChI is InChI=1S/C22H28O3/c1-2-3-4-6-18-9-11-20(12-10-18)17-25-21-15-13-19(14-16-21)7-5-8-22(23)24/h9-16H,2-8,17H2,1H3,(H,23,24). The summed E-state index contributed by atoms with van der Waals surface area (Å²) >= 11 is 0. The van der Waals surface area contributed by atoms with Crippen LogP contribution in [0.5, 0.6) is 5.75 Å². The quantitative estimate of drug-likeness (QED) is 0.557. The summed E-state index contributed by atoms with van der Waals surface area (Å²) in [4.78, 5) is 10.5. The molecule has 3 heteroatoms. The van der Waals surface area contributed by atoms with Gasteiger partial charge in [-0.2, -0.15) is 0 Å². The van der Waals surface area contributed by atoms with E-state index in [0.29, 0.717) is 13.0 Å². The zero-order valence-corrected chi connectivity index (χ0v) is 15.0. The van der Waals surface area contributed by atoms with Crippen molar-refractivity contribution in [3.05, 3.63) is 65.2 Å². The zero-order valence-electron chi connectivity index (χ0n) is 15.0. The van der Waals surface area contributed by atoms with Crippen LogP contribution in [0.1, 0.15) is 55.7 Å². The van der Waals surface area contributed by atoms with E-state index in [-0.39, 0.29) is 6.42 Å². The van der Waals surface area contributed by atoms with Crippen LogP contribution in [-0.4, -0.2) is 11.1 Å². The van der Waals surface area contributed by atoms with Gasteiger partial charge in [-0.15, -0.1) is 0 Å². The highest BCUT2D eigenvalue weighted by Crippen LogP contribution is 2.16. The largest absolute Gasteiger partial charge is 0.489 e. The number of carboxylic acids is 1. The fraction of sp³-hybridized carbons (Fsp3) is 0.409. The molecule has 0 amide bonds. The van der Waals surface area contributed by atoms with Crippen LogP contribution in [-0.2, 0) is 24.2 Å². The molecular formula is C22H28O3. The lowest BCUT2D eigenvalue weighted by Crippen LogP contribution is -1.97. The third kappa shape index (κ3) is 7.42. The van der Waals surface area contributed by atoms with Crippen molar-refractivity contribution >= 4 is 5.97 Å². The summed E-state index contributed by atoms with van der Waals surface area (Å²) in [5.74, 6) is 0.102. The Morgan fingerprint density at radius 2 is 1.40 bits per heavy atom. The number of ether oxygens (including phenoxy) is 1. The molecule has 3 nitrogen and oxygen atoms in total. The van der Waals surface area contributed by atoms with Crippen molar-refractivity contribution in [2.24, 2.45) is 0 Å². The number of benzene rings is 2. The van der Waals surface area contributed by atoms with Crippen molar-refractivity contribution in [2.75, 3.05) is 0 Å². The molecule has 134 valence electrons. The van der Waals surface area contributed by atoms with Gasteiger partial charge in [0.15, 0.2) is 0 Å². The summed E-state index contributed by atoms with van der Waals surface area (Å²) in [6.45, 7) is 2.79. The predicted molar refractivity (Wildman–Crippen MR) is 101 cm³/mol. The molecule has 0 atom stereocenters. The maximum atomic E-state index is 10.5. The second kappa shape index (κ2) is 10.5. The Morgan fingerprint density at radius 3 is 2.00 bits per heavy atom. The Bertz CT molecular complexity index is 629. The molecule has 2 aromatic carbocycles. The van der Waals surface area contributed by atoms with Gasteiger partial charge in [-0.1, -0.05) is 56.2 Å². The van der Waals surface area contributed by atoms with Crippen LogP contribution in [0.25, 0.3) is 0 Å². The molecule has 0 spiro atoms. The van der Waals surface area contributed by atoms with Gasteiger partial charge in [0.2, 0.25) is 0 Å². The van der Waals surface area contributed by atoms with E-state index in [9.17, 15) is 4.79 Å². The van der Waals surface area contributed by atoms with E-state index in [2.05, 4.69) is 31.2 Å². The molecule has 25 heavy (non-hydrogen) atoms. The topological polar surface area (TPSA) is 46.5 Å². The van der Waals surface area contributed by atoms with E-state index in [1.165, 1.54) is 30.4 Å². The summed E-state index contributed by atoms with van der Waals surface area (Å²) in [6, 6.07) is 16.6. The maximum Gasteiger partial charge on any atom is 0.303 e. The van der Waals surface area contributed by atoms with Gasteiger partial charge >= 0.3 is 5.97 Å². The minimum Gasteiger partial charge on any atom is -0.489 e. The van der Waals surface area contributed by atoms with E-state index in [0.717, 1.165) is 24.2 Å². The number of rotatable bonds is 11. The summed E-state index contributed by atoms with van der Waals surface area (Å²) < 4.78 is 5.83. The predicted octanol–water partition coefficient (Wildman–Crippen LogP) is 5.41. The Labute approximate surface area is 150 Å². The highest BCUT2D eigenvalue weighted by Gasteiger charge is 2.01. The number of carbonyl (C=O) groups is 1. The van der Waals surface area contributed by atoms with Crippen LogP contribution in [0.4, 0.5) is 0 Å². The summed E-state index contributed by atoms with van der Waals surface area (Å²) in [5, 5.41) is 8.66. The van der Waals surface area contributed by atoms with Crippen LogP contribution in [0.2, 0.25) is 0 Å². The van der Waals surface area contributed by atoms with Crippen molar-refractivity contribution in [2.45, 2.75) is 58.5 Å². The molecule has 0 aromatic heterocycles. The van der Waals surface area contributed by atoms with Crippen LogP contribution in [0.3, 0.4) is 0 Å². The number of aryl methyl sites for hydroxylation is 2. The molecule has 0 aliphatic heterocycles. The molecule has 0 saturated heterocycles. The van der Waals surface area contributed by atoms with E-state index < -0.39 is 5.97 Å². The summed E-state index contributed by atoms with van der Waals surface area (Å²) in [5.41, 5.74) is 3.71. The molecular weight excluding hydrogens is 312 g/mol. The van der Waals surface area contributed by atoms with E-state index >= 15 is 0 Å². The first kappa shape index (κ1) is 19.0. The normalized spacial score (nSPS) is 10.6. The van der Waals surface area contributed by atoms with Gasteiger partial charge in [-0.05, 0) is 54.5 Å². The molecule has 1 N–H and O–H groups in total. The second-order valence-electron chi connectivity index (χ2n) is 6.45. The van der Waals surface area contributed by atoms with Crippen molar-refractivity contribution in [1.82, 2.24) is 0 Å². The molecule has 0 fully saturated rings. The van der Waals surface area contributed by atoms with Crippen molar-refractivity contribution in [1.29, 1.82) is 0 Å². The smallest absolute Gasteiger partial charge is 0.303 e. The molecule has 0 bridgehead atoms. The lowest BCUT2D eigenvalue weighted by Gasteiger charge is -2.08. The molecule has 0 saturated carbocycles. The van der Waals surface area contributed by atoms with Crippen LogP contribution in [0.15, 0.2) is 48.5 Å². The minimum atomic E-state index is -0.740. The van der Waals surface area contributed by atoms with Crippen LogP contribution < -0.4 is 4.74 Å². The average Bonchev–Trinajstić information content (AvgIpc) is 2.62. The average molecular weight is 340 g/mol. The fourth-order valence-corrected chi connectivity index (χ4v) is 2.74. The van der Waals surface area contributed by atoms with E-state index in [4.69, 9.17) is 9.84 Å². The fourth-order valence-electron chi connectivity index (χ4n) is 2.74. The molecule has 0 heterocycles. The van der Waals surface area contributed by atoms with Gasteiger partial charge in [0, 0.05) is 6.42 Å². The molecule has 0 radical (unpaired) electrons. The van der Waals surface area contributed by atoms with Crippen LogP contribution in [0, 0.1) is 0 Å². The Balaban J connectivity index is 1.76. The lowest BCUT2D eigenvalue weighted by molar-refractivity contribution is -0.137. The first-order valence-corrected chi connectivity index (χ1v) is 9.18. The van der Waals surface area contributed by atoms with E-state index in [1.54, 1.807) is 0 Å². The van der Waals surface area contributed by atoms with Crippen LogP contribution >= 0.6 is 0 Å². The van der Waals surface area contributed by atoms with Gasteiger partial charge in [0.25, 0.3) is 0 Å². The molecule has 2 aromatic rings. The monoisotopic (exact) mass is 340 g/mol. The third-order valence-electron chi connectivity index (χ3n) is 4.28. The van der Waals surface area contributed by atoms with Gasteiger partial charge in [-0.25, -0.2) is 0 Å². The molecule has 0 aliphatic carbocycles. The highest BCUT2D eigenvalue weighted by atomic mass is 16.5. The second-order valence-corrected chi connectivity index (χ2v) is 6.45. The lowest BCUT2D eigenvalue weighted by atomic mass is 10.1. The van der Waals surface area contributed by atoms with E-state index in [1.807, 2.05) is 24.3 Å². The van der Waals surface area contributed by atoms with Crippen molar-refractivity contribution in [3.63, 3.8) is 0 Å². The van der Waals surface area contributed by atoms with Crippen molar-refractivity contribution in [3.8, 4) is 5.75 Å². The zero-order chi connectivity index (χ0) is 17.9. The number of carboxylic acid groups (broad SMARTS) is 1. The summed E-state index contributed by atoms with van der Waals surface area (Å²) in [7, 11) is 0. The molecule has 0 aliphatic rings.